The second kappa shape index (κ2) is 6.56. The fourth-order valence-electron chi connectivity index (χ4n) is 2.11. The average Bonchev–Trinajstić information content (AvgIpc) is 2.46. The van der Waals surface area contributed by atoms with Crippen LogP contribution in [0.2, 0.25) is 5.02 Å². The lowest BCUT2D eigenvalue weighted by molar-refractivity contribution is -0.130. The molecule has 1 saturated heterocycles. The first-order chi connectivity index (χ1) is 9.58. The van der Waals surface area contributed by atoms with Crippen LogP contribution in [0.25, 0.3) is 0 Å². The lowest BCUT2D eigenvalue weighted by Crippen LogP contribution is -2.39. The molecule has 2 heterocycles. The molecule has 7 heteroatoms. The Morgan fingerprint density at radius 1 is 1.30 bits per heavy atom. The van der Waals surface area contributed by atoms with E-state index in [0.717, 1.165) is 32.4 Å². The summed E-state index contributed by atoms with van der Waals surface area (Å²) in [5.41, 5.74) is -0.220. The highest BCUT2D eigenvalue weighted by atomic mass is 35.5. The van der Waals surface area contributed by atoms with Crippen LogP contribution in [0.5, 0.6) is 0 Å². The van der Waals surface area contributed by atoms with Gasteiger partial charge in [0.1, 0.15) is 5.82 Å². The van der Waals surface area contributed by atoms with Gasteiger partial charge < -0.3 is 15.3 Å². The Labute approximate surface area is 121 Å². The van der Waals surface area contributed by atoms with E-state index in [-0.39, 0.29) is 23.2 Å². The van der Waals surface area contributed by atoms with Gasteiger partial charge in [-0.3, -0.25) is 4.79 Å². The summed E-state index contributed by atoms with van der Waals surface area (Å²) in [4.78, 5) is 28.5. The highest BCUT2D eigenvalue weighted by Crippen LogP contribution is 2.16. The van der Waals surface area contributed by atoms with Crippen molar-refractivity contribution in [3.63, 3.8) is 0 Å². The van der Waals surface area contributed by atoms with Crippen LogP contribution in [0.4, 0.5) is 5.82 Å². The number of nitrogens with one attached hydrogen (secondary N) is 1. The van der Waals surface area contributed by atoms with Gasteiger partial charge in [-0.15, -0.1) is 0 Å². The van der Waals surface area contributed by atoms with Crippen molar-refractivity contribution in [3.8, 4) is 0 Å². The first kappa shape index (κ1) is 14.6. The number of halogens is 1. The van der Waals surface area contributed by atoms with Crippen molar-refractivity contribution < 1.29 is 14.7 Å². The van der Waals surface area contributed by atoms with Gasteiger partial charge in [-0.25, -0.2) is 9.78 Å². The van der Waals surface area contributed by atoms with Crippen LogP contribution in [0, 0.1) is 0 Å². The van der Waals surface area contributed by atoms with E-state index in [1.54, 1.807) is 6.07 Å². The summed E-state index contributed by atoms with van der Waals surface area (Å²) >= 11 is 5.73. The highest BCUT2D eigenvalue weighted by molar-refractivity contribution is 6.33. The van der Waals surface area contributed by atoms with Crippen LogP contribution in [0.1, 0.15) is 29.8 Å². The van der Waals surface area contributed by atoms with Crippen molar-refractivity contribution in [1.82, 2.24) is 9.88 Å². The third-order valence-electron chi connectivity index (χ3n) is 3.18. The number of piperidine rings is 1. The fraction of sp³-hybridized carbons (Fsp3) is 0.462. The molecule has 0 aromatic carbocycles. The molecule has 0 spiro atoms. The van der Waals surface area contributed by atoms with Crippen LogP contribution < -0.4 is 5.32 Å². The number of pyridine rings is 1. The molecule has 1 aromatic heterocycles. The van der Waals surface area contributed by atoms with Crippen LogP contribution in [-0.2, 0) is 4.79 Å². The SMILES string of the molecule is O=C(O)c1nc(NCC(=O)N2CCCCC2)ccc1Cl. The molecule has 0 bridgehead atoms. The van der Waals surface area contributed by atoms with E-state index in [1.165, 1.54) is 6.07 Å². The quantitative estimate of drug-likeness (QED) is 0.886. The van der Waals surface area contributed by atoms with Crippen LogP contribution >= 0.6 is 11.6 Å². The van der Waals surface area contributed by atoms with Crippen molar-refractivity contribution in [2.75, 3.05) is 25.0 Å². The van der Waals surface area contributed by atoms with Gasteiger partial charge in [0.25, 0.3) is 0 Å². The Morgan fingerprint density at radius 2 is 2.00 bits per heavy atom. The Bertz CT molecular complexity index is 516. The van der Waals surface area contributed by atoms with Crippen molar-refractivity contribution in [2.24, 2.45) is 0 Å². The predicted molar refractivity (Wildman–Crippen MR) is 75.1 cm³/mol. The number of carboxylic acids is 1. The van der Waals surface area contributed by atoms with E-state index in [1.807, 2.05) is 4.90 Å². The molecule has 2 rings (SSSR count). The highest BCUT2D eigenvalue weighted by Gasteiger charge is 2.17. The van der Waals surface area contributed by atoms with E-state index < -0.39 is 5.97 Å². The molecule has 1 amide bonds. The van der Waals surface area contributed by atoms with E-state index in [9.17, 15) is 9.59 Å². The summed E-state index contributed by atoms with van der Waals surface area (Å²) in [6, 6.07) is 3.00. The topological polar surface area (TPSA) is 82.5 Å². The lowest BCUT2D eigenvalue weighted by atomic mass is 10.1. The van der Waals surface area contributed by atoms with Gasteiger partial charge in [0.2, 0.25) is 5.91 Å². The molecule has 108 valence electrons. The molecule has 20 heavy (non-hydrogen) atoms. The van der Waals surface area contributed by atoms with Gasteiger partial charge in [-0.1, -0.05) is 11.6 Å². The summed E-state index contributed by atoms with van der Waals surface area (Å²) in [5, 5.41) is 11.8. The number of rotatable bonds is 4. The Kier molecular flexibility index (Phi) is 4.79. The molecule has 1 aliphatic rings. The summed E-state index contributed by atoms with van der Waals surface area (Å²) in [7, 11) is 0. The minimum atomic E-state index is -1.19. The Balaban J connectivity index is 1.95. The van der Waals surface area contributed by atoms with Gasteiger partial charge >= 0.3 is 5.97 Å². The minimum absolute atomic E-state index is 0.00155. The van der Waals surface area contributed by atoms with E-state index in [4.69, 9.17) is 16.7 Å². The fourth-order valence-corrected chi connectivity index (χ4v) is 2.30. The van der Waals surface area contributed by atoms with Crippen molar-refractivity contribution in [3.05, 3.63) is 22.8 Å². The van der Waals surface area contributed by atoms with Crippen molar-refractivity contribution in [1.29, 1.82) is 0 Å². The number of carboxylic acid groups (broad SMARTS) is 1. The summed E-state index contributed by atoms with van der Waals surface area (Å²) in [6.45, 7) is 1.68. The van der Waals surface area contributed by atoms with Gasteiger partial charge in [-0.2, -0.15) is 0 Å². The number of amides is 1. The number of nitrogens with zero attached hydrogens (tertiary/aromatic N) is 2. The van der Waals surface area contributed by atoms with Crippen LogP contribution in [0.3, 0.4) is 0 Å². The number of carbonyl (C=O) groups excluding carboxylic acids is 1. The third kappa shape index (κ3) is 3.60. The Hall–Kier alpha value is -1.82. The molecule has 0 aliphatic carbocycles. The normalized spacial score (nSPS) is 14.9. The third-order valence-corrected chi connectivity index (χ3v) is 3.48. The lowest BCUT2D eigenvalue weighted by Gasteiger charge is -2.26. The van der Waals surface area contributed by atoms with Crippen molar-refractivity contribution in [2.45, 2.75) is 19.3 Å². The van der Waals surface area contributed by atoms with Crippen LogP contribution in [0.15, 0.2) is 12.1 Å². The maximum absolute atomic E-state index is 12.0. The molecule has 0 unspecified atom stereocenters. The minimum Gasteiger partial charge on any atom is -0.476 e. The number of aromatic carboxylic acids is 1. The summed E-state index contributed by atoms with van der Waals surface area (Å²) in [6.07, 6.45) is 3.24. The maximum atomic E-state index is 12.0. The van der Waals surface area contributed by atoms with Gasteiger partial charge in [-0.05, 0) is 31.4 Å². The molecule has 1 aliphatic heterocycles. The summed E-state index contributed by atoms with van der Waals surface area (Å²) in [5.74, 6) is -0.864. The zero-order valence-corrected chi connectivity index (χ0v) is 11.7. The number of anilines is 1. The molecule has 2 N–H and O–H groups in total. The monoisotopic (exact) mass is 297 g/mol. The molecule has 0 saturated carbocycles. The molecular formula is C13H16ClN3O3. The largest absolute Gasteiger partial charge is 0.476 e. The zero-order valence-electron chi connectivity index (χ0n) is 10.9. The first-order valence-electron chi connectivity index (χ1n) is 6.49. The van der Waals surface area contributed by atoms with Crippen LogP contribution in [-0.4, -0.2) is 46.5 Å². The smallest absolute Gasteiger partial charge is 0.356 e. The number of likely N-dealkylation sites (tertiary alicyclic amines) is 1. The number of hydrogen-bond acceptors (Lipinski definition) is 4. The number of carbonyl (C=O) groups is 2. The summed E-state index contributed by atoms with van der Waals surface area (Å²) < 4.78 is 0. The maximum Gasteiger partial charge on any atom is 0.356 e. The predicted octanol–water partition coefficient (Wildman–Crippen LogP) is 1.86. The van der Waals surface area contributed by atoms with E-state index in [2.05, 4.69) is 10.3 Å². The first-order valence-corrected chi connectivity index (χ1v) is 6.87. The molecule has 6 nitrogen and oxygen atoms in total. The molecule has 0 atom stereocenters. The van der Waals surface area contributed by atoms with Crippen molar-refractivity contribution >= 4 is 29.3 Å². The molecule has 1 aromatic rings. The molecular weight excluding hydrogens is 282 g/mol. The standard InChI is InChI=1S/C13H16ClN3O3/c14-9-4-5-10(16-12(9)13(19)20)15-8-11(18)17-6-2-1-3-7-17/h4-5H,1-3,6-8H2,(H,15,16)(H,19,20). The van der Waals surface area contributed by atoms with Gasteiger partial charge in [0.05, 0.1) is 11.6 Å². The molecule has 1 fully saturated rings. The second-order valence-corrected chi connectivity index (χ2v) is 5.03. The zero-order chi connectivity index (χ0) is 14.5. The molecule has 0 radical (unpaired) electrons. The van der Waals surface area contributed by atoms with E-state index in [0.29, 0.717) is 5.82 Å². The van der Waals surface area contributed by atoms with Gasteiger partial charge in [0, 0.05) is 13.1 Å². The number of aromatic nitrogens is 1. The van der Waals surface area contributed by atoms with E-state index >= 15 is 0 Å². The Morgan fingerprint density at radius 3 is 2.65 bits per heavy atom. The number of hydrogen-bond donors (Lipinski definition) is 2. The van der Waals surface area contributed by atoms with Gasteiger partial charge in [0.15, 0.2) is 5.69 Å². The average molecular weight is 298 g/mol. The second-order valence-electron chi connectivity index (χ2n) is 4.63.